The molecule has 0 saturated heterocycles. The van der Waals surface area contributed by atoms with Crippen molar-refractivity contribution in [1.29, 1.82) is 0 Å². The van der Waals surface area contributed by atoms with E-state index >= 15 is 0 Å². The molecule has 21 heavy (non-hydrogen) atoms. The van der Waals surface area contributed by atoms with Gasteiger partial charge in [0.25, 0.3) is 0 Å². The van der Waals surface area contributed by atoms with Crippen LogP contribution in [0.15, 0.2) is 42.6 Å². The monoisotopic (exact) mass is 281 g/mol. The second-order valence-corrected chi connectivity index (χ2v) is 5.04. The molecule has 3 aromatic rings. The Morgan fingerprint density at radius 3 is 2.67 bits per heavy atom. The fourth-order valence-corrected chi connectivity index (χ4v) is 2.35. The summed E-state index contributed by atoms with van der Waals surface area (Å²) in [5, 5.41) is 9.36. The number of hydrogen-bond donors (Lipinski definition) is 1. The first-order valence-corrected chi connectivity index (χ1v) is 6.70. The molecule has 0 aliphatic carbocycles. The molecule has 2 aromatic heterocycles. The topological polar surface area (TPSA) is 68.0 Å². The van der Waals surface area contributed by atoms with Crippen molar-refractivity contribution in [2.24, 2.45) is 0 Å². The summed E-state index contributed by atoms with van der Waals surface area (Å²) in [6, 6.07) is 10.7. The number of carboxylic acids is 1. The lowest BCUT2D eigenvalue weighted by Crippen LogP contribution is -2.17. The van der Waals surface area contributed by atoms with Gasteiger partial charge in [0.05, 0.1) is 0 Å². The van der Waals surface area contributed by atoms with Gasteiger partial charge in [0.1, 0.15) is 17.4 Å². The molecular weight excluding hydrogens is 266 g/mol. The number of aryl methyl sites for hydroxylation is 1. The van der Waals surface area contributed by atoms with Crippen LogP contribution in [0, 0.1) is 6.92 Å². The van der Waals surface area contributed by atoms with E-state index in [0.717, 1.165) is 11.1 Å². The van der Waals surface area contributed by atoms with Gasteiger partial charge in [0.2, 0.25) is 0 Å². The van der Waals surface area contributed by atoms with Crippen molar-refractivity contribution < 1.29 is 9.90 Å². The van der Waals surface area contributed by atoms with E-state index in [2.05, 4.69) is 9.97 Å². The van der Waals surface area contributed by atoms with Crippen molar-refractivity contribution in [1.82, 2.24) is 14.5 Å². The van der Waals surface area contributed by atoms with Crippen LogP contribution >= 0.6 is 0 Å². The number of benzene rings is 1. The maximum absolute atomic E-state index is 11.4. The number of fused-ring (bicyclic) bond motifs is 1. The van der Waals surface area contributed by atoms with E-state index < -0.39 is 12.0 Å². The number of imidazole rings is 1. The normalized spacial score (nSPS) is 12.5. The van der Waals surface area contributed by atoms with Crippen LogP contribution < -0.4 is 0 Å². The number of nitrogens with zero attached hydrogens (tertiary/aromatic N) is 3. The molecule has 1 aromatic carbocycles. The van der Waals surface area contributed by atoms with Gasteiger partial charge in [0.15, 0.2) is 5.65 Å². The van der Waals surface area contributed by atoms with Crippen LogP contribution in [-0.4, -0.2) is 25.6 Å². The molecule has 0 bridgehead atoms. The number of carbonyl (C=O) groups is 1. The molecule has 0 fully saturated rings. The van der Waals surface area contributed by atoms with Crippen molar-refractivity contribution in [3.8, 4) is 11.4 Å². The quantitative estimate of drug-likeness (QED) is 0.801. The van der Waals surface area contributed by atoms with Crippen molar-refractivity contribution >= 4 is 17.1 Å². The smallest absolute Gasteiger partial charge is 0.326 e. The average Bonchev–Trinajstić information content (AvgIpc) is 2.85. The number of pyridine rings is 1. The third-order valence-electron chi connectivity index (χ3n) is 3.44. The lowest BCUT2D eigenvalue weighted by molar-refractivity contribution is -0.140. The predicted octanol–water partition coefficient (Wildman–Crippen LogP) is 3.05. The second-order valence-electron chi connectivity index (χ2n) is 5.04. The molecule has 0 saturated carbocycles. The predicted molar refractivity (Wildman–Crippen MR) is 80.0 cm³/mol. The Morgan fingerprint density at radius 2 is 2.00 bits per heavy atom. The maximum Gasteiger partial charge on any atom is 0.326 e. The zero-order chi connectivity index (χ0) is 15.0. The summed E-state index contributed by atoms with van der Waals surface area (Å²) in [6.07, 6.45) is 1.73. The molecule has 2 heterocycles. The van der Waals surface area contributed by atoms with E-state index in [0.29, 0.717) is 17.0 Å². The highest BCUT2D eigenvalue weighted by Gasteiger charge is 2.22. The van der Waals surface area contributed by atoms with Gasteiger partial charge in [-0.3, -0.25) is 4.57 Å². The van der Waals surface area contributed by atoms with Crippen molar-refractivity contribution in [3.63, 3.8) is 0 Å². The van der Waals surface area contributed by atoms with Crippen LogP contribution in [0.1, 0.15) is 18.5 Å². The number of carboxylic acid groups (broad SMARTS) is 1. The highest BCUT2D eigenvalue weighted by molar-refractivity contribution is 5.82. The van der Waals surface area contributed by atoms with E-state index in [9.17, 15) is 9.90 Å². The summed E-state index contributed by atoms with van der Waals surface area (Å²) >= 11 is 0. The molecule has 1 unspecified atom stereocenters. The van der Waals surface area contributed by atoms with Crippen molar-refractivity contribution in [3.05, 3.63) is 48.2 Å². The van der Waals surface area contributed by atoms with Crippen molar-refractivity contribution in [2.75, 3.05) is 0 Å². The third kappa shape index (κ3) is 2.27. The summed E-state index contributed by atoms with van der Waals surface area (Å²) < 4.78 is 1.67. The van der Waals surface area contributed by atoms with Crippen LogP contribution in [0.4, 0.5) is 0 Å². The summed E-state index contributed by atoms with van der Waals surface area (Å²) in [5.41, 5.74) is 3.17. The van der Waals surface area contributed by atoms with Crippen LogP contribution in [0.25, 0.3) is 22.6 Å². The zero-order valence-corrected chi connectivity index (χ0v) is 11.8. The minimum Gasteiger partial charge on any atom is -0.480 e. The Hall–Kier alpha value is -2.69. The SMILES string of the molecule is Cc1cnc2c(c1)nc(-c1ccccc1)n2C(C)C(=O)O. The highest BCUT2D eigenvalue weighted by Crippen LogP contribution is 2.27. The van der Waals surface area contributed by atoms with Crippen molar-refractivity contribution in [2.45, 2.75) is 19.9 Å². The lowest BCUT2D eigenvalue weighted by atomic mass is 10.2. The first-order valence-electron chi connectivity index (χ1n) is 6.70. The van der Waals surface area contributed by atoms with Gasteiger partial charge < -0.3 is 5.11 Å². The summed E-state index contributed by atoms with van der Waals surface area (Å²) in [7, 11) is 0. The van der Waals surface area contributed by atoms with Gasteiger partial charge in [-0.05, 0) is 25.5 Å². The van der Waals surface area contributed by atoms with Crippen LogP contribution in [-0.2, 0) is 4.79 Å². The molecule has 106 valence electrons. The number of aromatic nitrogens is 3. The molecule has 0 spiro atoms. The molecule has 0 aliphatic heterocycles. The second kappa shape index (κ2) is 5.01. The Labute approximate surface area is 121 Å². The molecule has 0 aliphatic rings. The minimum atomic E-state index is -0.908. The van der Waals surface area contributed by atoms with E-state index in [1.807, 2.05) is 43.3 Å². The van der Waals surface area contributed by atoms with Gasteiger partial charge in [-0.1, -0.05) is 30.3 Å². The fraction of sp³-hybridized carbons (Fsp3) is 0.188. The van der Waals surface area contributed by atoms with Gasteiger partial charge >= 0.3 is 5.97 Å². The first kappa shape index (κ1) is 13.3. The van der Waals surface area contributed by atoms with E-state index in [-0.39, 0.29) is 0 Å². The Kier molecular flexibility index (Phi) is 3.17. The molecular formula is C16H15N3O2. The average molecular weight is 281 g/mol. The lowest BCUT2D eigenvalue weighted by Gasteiger charge is -2.13. The minimum absolute atomic E-state index is 0.592. The number of hydrogen-bond acceptors (Lipinski definition) is 3. The third-order valence-corrected chi connectivity index (χ3v) is 3.44. The number of rotatable bonds is 3. The molecule has 0 amide bonds. The van der Waals surface area contributed by atoms with E-state index in [1.165, 1.54) is 0 Å². The molecule has 0 radical (unpaired) electrons. The molecule has 3 rings (SSSR count). The molecule has 5 nitrogen and oxygen atoms in total. The molecule has 1 atom stereocenters. The Morgan fingerprint density at radius 1 is 1.29 bits per heavy atom. The van der Waals surface area contributed by atoms with Gasteiger partial charge in [0, 0.05) is 11.8 Å². The van der Waals surface area contributed by atoms with Crippen LogP contribution in [0.2, 0.25) is 0 Å². The molecule has 5 heteroatoms. The fourth-order valence-electron chi connectivity index (χ4n) is 2.35. The summed E-state index contributed by atoms with van der Waals surface area (Å²) in [4.78, 5) is 20.4. The van der Waals surface area contributed by atoms with Gasteiger partial charge in [-0.2, -0.15) is 0 Å². The summed E-state index contributed by atoms with van der Waals surface area (Å²) in [6.45, 7) is 3.58. The Balaban J connectivity index is 2.32. The van der Waals surface area contributed by atoms with Gasteiger partial charge in [-0.15, -0.1) is 0 Å². The standard InChI is InChI=1S/C16H15N3O2/c1-10-8-13-15(17-9-10)19(11(2)16(20)21)14(18-13)12-6-4-3-5-7-12/h3-9,11H,1-2H3,(H,20,21). The number of aliphatic carboxylic acids is 1. The van der Waals surface area contributed by atoms with Crippen LogP contribution in [0.3, 0.4) is 0 Å². The Bertz CT molecular complexity index is 809. The first-order chi connectivity index (χ1) is 10.1. The maximum atomic E-state index is 11.4. The van der Waals surface area contributed by atoms with E-state index in [4.69, 9.17) is 0 Å². The van der Waals surface area contributed by atoms with Crippen LogP contribution in [0.5, 0.6) is 0 Å². The zero-order valence-electron chi connectivity index (χ0n) is 11.8. The summed E-state index contributed by atoms with van der Waals surface area (Å²) in [5.74, 6) is -0.285. The molecule has 1 N–H and O–H groups in total. The van der Waals surface area contributed by atoms with E-state index in [1.54, 1.807) is 17.7 Å². The highest BCUT2D eigenvalue weighted by atomic mass is 16.4. The van der Waals surface area contributed by atoms with Gasteiger partial charge in [-0.25, -0.2) is 14.8 Å². The largest absolute Gasteiger partial charge is 0.480 e.